The summed E-state index contributed by atoms with van der Waals surface area (Å²) in [4.78, 5) is 13.8. The van der Waals surface area contributed by atoms with Gasteiger partial charge in [-0.1, -0.05) is 12.1 Å². The summed E-state index contributed by atoms with van der Waals surface area (Å²) in [5, 5.41) is 7.00. The van der Waals surface area contributed by atoms with Crippen molar-refractivity contribution in [2.45, 2.75) is 52.7 Å². The molecule has 0 aromatic heterocycles. The lowest BCUT2D eigenvalue weighted by Crippen LogP contribution is -2.39. The second kappa shape index (κ2) is 9.48. The van der Waals surface area contributed by atoms with Crippen molar-refractivity contribution in [1.82, 2.24) is 4.90 Å². The average molecular weight is 364 g/mol. The third-order valence-electron chi connectivity index (χ3n) is 3.61. The van der Waals surface area contributed by atoms with Crippen LogP contribution in [-0.4, -0.2) is 48.0 Å². The lowest BCUT2D eigenvalue weighted by molar-refractivity contribution is 0.0270. The molecular weight excluding hydrogens is 332 g/mol. The summed E-state index contributed by atoms with van der Waals surface area (Å²) in [5.74, 6) is 0.706. The van der Waals surface area contributed by atoms with Crippen molar-refractivity contribution >= 4 is 17.4 Å². The molecule has 0 unspecified atom stereocenters. The number of benzene rings is 1. The third-order valence-corrected chi connectivity index (χ3v) is 3.61. The lowest BCUT2D eigenvalue weighted by atomic mass is 9.99. The smallest absolute Gasteiger partial charge is 0.410 e. The van der Waals surface area contributed by atoms with Gasteiger partial charge in [-0.25, -0.2) is 4.79 Å². The van der Waals surface area contributed by atoms with Crippen LogP contribution in [0.3, 0.4) is 0 Å². The van der Waals surface area contributed by atoms with Crippen LogP contribution in [0.25, 0.3) is 5.57 Å². The molecule has 146 valence electrons. The fraction of sp³-hybridized carbons (Fsp3) is 0.550. The summed E-state index contributed by atoms with van der Waals surface area (Å²) in [5.41, 5.74) is 8.43. The van der Waals surface area contributed by atoms with Crippen molar-refractivity contribution in [2.24, 2.45) is 0 Å². The molecule has 0 aliphatic carbocycles. The van der Waals surface area contributed by atoms with Crippen LogP contribution in [0.2, 0.25) is 0 Å². The van der Waals surface area contributed by atoms with Crippen LogP contribution in [0, 0.1) is 0 Å². The average Bonchev–Trinajstić information content (AvgIpc) is 2.57. The minimum Gasteiger partial charge on any atom is -0.489 e. The van der Waals surface area contributed by atoms with Crippen LogP contribution in [0.1, 0.15) is 46.6 Å². The van der Waals surface area contributed by atoms with Crippen molar-refractivity contribution in [3.05, 3.63) is 29.8 Å². The van der Waals surface area contributed by atoms with E-state index in [-0.39, 0.29) is 12.2 Å². The zero-order chi connectivity index (χ0) is 19.9. The molecule has 0 spiro atoms. The maximum absolute atomic E-state index is 12.1. The molecule has 1 heterocycles. The first-order valence-corrected chi connectivity index (χ1v) is 8.84. The molecule has 1 aromatic carbocycles. The number of hydrogen-bond acceptors (Lipinski definition) is 5. The highest BCUT2D eigenvalue weighted by molar-refractivity contribution is 5.74. The van der Waals surface area contributed by atoms with E-state index >= 15 is 0 Å². The molecule has 3 N–H and O–H groups in total. The zero-order valence-corrected chi connectivity index (χ0v) is 16.7. The topological polar surface area (TPSA) is 85.0 Å². The zero-order valence-electron chi connectivity index (χ0n) is 16.7. The minimum atomic E-state index is -0.471. The highest BCUT2D eigenvalue weighted by Gasteiger charge is 2.24. The van der Waals surface area contributed by atoms with Gasteiger partial charge in [-0.15, -0.1) is 0 Å². The molecule has 0 bridgehead atoms. The summed E-state index contributed by atoms with van der Waals surface area (Å²) in [6.45, 7) is 10.8. The van der Waals surface area contributed by atoms with E-state index in [1.807, 2.05) is 52.8 Å². The molecule has 0 atom stereocenters. The molecule has 1 aromatic rings. The highest BCUT2D eigenvalue weighted by Crippen LogP contribution is 2.30. The van der Waals surface area contributed by atoms with Crippen LogP contribution >= 0.6 is 0 Å². The number of ether oxygens (including phenoxy) is 2. The Hall–Kier alpha value is -2.21. The lowest BCUT2D eigenvalue weighted by Gasteiger charge is -2.29. The fourth-order valence-corrected chi connectivity index (χ4v) is 2.51. The van der Waals surface area contributed by atoms with Crippen molar-refractivity contribution in [3.8, 4) is 5.75 Å². The predicted octanol–water partition coefficient (Wildman–Crippen LogP) is 3.69. The predicted molar refractivity (Wildman–Crippen MR) is 105 cm³/mol. The Kier molecular flexibility index (Phi) is 7.96. The Balaban J connectivity index is 0.00000163. The summed E-state index contributed by atoms with van der Waals surface area (Å²) in [6, 6.07) is 5.84. The largest absolute Gasteiger partial charge is 0.489 e. The number of anilines is 1. The molecule has 1 aliphatic heterocycles. The van der Waals surface area contributed by atoms with E-state index in [1.54, 1.807) is 4.90 Å². The van der Waals surface area contributed by atoms with Gasteiger partial charge >= 0.3 is 6.09 Å². The summed E-state index contributed by atoms with van der Waals surface area (Å²) >= 11 is 0. The molecular formula is C20H32N2O4. The first kappa shape index (κ1) is 21.8. The summed E-state index contributed by atoms with van der Waals surface area (Å²) in [7, 11) is 1.00. The Labute approximate surface area is 156 Å². The normalized spacial score (nSPS) is 14.3. The standard InChI is InChI=1S/C19H28N2O3.CH4O/c1-13(2)23-17-12-15(6-7-16(17)20)14-8-10-21(11-9-14)18(22)24-19(3,4)5;1-2/h6-8,12-13H,9-11,20H2,1-5H3;2H,1H3. The molecule has 26 heavy (non-hydrogen) atoms. The van der Waals surface area contributed by atoms with Gasteiger partial charge in [-0.3, -0.25) is 0 Å². The van der Waals surface area contributed by atoms with Crippen LogP contribution in [-0.2, 0) is 4.74 Å². The van der Waals surface area contributed by atoms with E-state index in [2.05, 4.69) is 6.08 Å². The molecule has 2 rings (SSSR count). The van der Waals surface area contributed by atoms with Gasteiger partial charge in [0.2, 0.25) is 0 Å². The molecule has 1 aliphatic rings. The van der Waals surface area contributed by atoms with E-state index in [4.69, 9.17) is 20.3 Å². The maximum atomic E-state index is 12.1. The number of nitrogen functional groups attached to an aromatic ring is 1. The number of aliphatic hydroxyl groups is 1. The van der Waals surface area contributed by atoms with E-state index in [9.17, 15) is 4.79 Å². The van der Waals surface area contributed by atoms with E-state index in [0.29, 0.717) is 24.5 Å². The van der Waals surface area contributed by atoms with Crippen LogP contribution in [0.5, 0.6) is 5.75 Å². The maximum Gasteiger partial charge on any atom is 0.410 e. The van der Waals surface area contributed by atoms with Crippen molar-refractivity contribution in [3.63, 3.8) is 0 Å². The van der Waals surface area contributed by atoms with Gasteiger partial charge < -0.3 is 25.2 Å². The number of nitrogens with zero attached hydrogens (tertiary/aromatic N) is 1. The number of amides is 1. The van der Waals surface area contributed by atoms with Gasteiger partial charge in [-0.2, -0.15) is 0 Å². The molecule has 0 saturated heterocycles. The number of carbonyl (C=O) groups excluding carboxylic acids is 1. The van der Waals surface area contributed by atoms with Crippen molar-refractivity contribution in [2.75, 3.05) is 25.9 Å². The number of carbonyl (C=O) groups is 1. The quantitative estimate of drug-likeness (QED) is 0.799. The Morgan fingerprint density at radius 3 is 2.42 bits per heavy atom. The molecule has 1 amide bonds. The van der Waals surface area contributed by atoms with Gasteiger partial charge in [0.05, 0.1) is 11.8 Å². The molecule has 6 nitrogen and oxygen atoms in total. The number of aliphatic hydroxyl groups excluding tert-OH is 1. The molecule has 0 saturated carbocycles. The van der Waals surface area contributed by atoms with Crippen molar-refractivity contribution in [1.29, 1.82) is 0 Å². The van der Waals surface area contributed by atoms with E-state index in [0.717, 1.165) is 19.1 Å². The number of nitrogens with two attached hydrogens (primary N) is 1. The monoisotopic (exact) mass is 364 g/mol. The van der Waals surface area contributed by atoms with Crippen LogP contribution in [0.4, 0.5) is 10.5 Å². The number of hydrogen-bond donors (Lipinski definition) is 2. The second-order valence-corrected chi connectivity index (χ2v) is 7.32. The Bertz CT molecular complexity index is 633. The van der Waals surface area contributed by atoms with Gasteiger partial charge in [0.15, 0.2) is 0 Å². The van der Waals surface area contributed by atoms with Crippen LogP contribution < -0.4 is 10.5 Å². The minimum absolute atomic E-state index is 0.0746. The molecule has 6 heteroatoms. The molecule has 0 radical (unpaired) electrons. The first-order valence-electron chi connectivity index (χ1n) is 8.84. The fourth-order valence-electron chi connectivity index (χ4n) is 2.51. The van der Waals surface area contributed by atoms with Crippen LogP contribution in [0.15, 0.2) is 24.3 Å². The van der Waals surface area contributed by atoms with Gasteiger partial charge in [0.1, 0.15) is 11.4 Å². The van der Waals surface area contributed by atoms with Gasteiger partial charge in [0.25, 0.3) is 0 Å². The van der Waals surface area contributed by atoms with Crippen molar-refractivity contribution < 1.29 is 19.4 Å². The first-order chi connectivity index (χ1) is 12.2. The molecule has 0 fully saturated rings. The highest BCUT2D eigenvalue weighted by atomic mass is 16.6. The second-order valence-electron chi connectivity index (χ2n) is 7.32. The number of rotatable bonds is 3. The summed E-state index contributed by atoms with van der Waals surface area (Å²) < 4.78 is 11.2. The Morgan fingerprint density at radius 2 is 1.92 bits per heavy atom. The van der Waals surface area contributed by atoms with E-state index in [1.165, 1.54) is 5.57 Å². The summed E-state index contributed by atoms with van der Waals surface area (Å²) in [6.07, 6.45) is 2.66. The SMILES string of the molecule is CC(C)Oc1cc(C2=CCN(C(=O)OC(C)(C)C)CC2)ccc1N.CO. The Morgan fingerprint density at radius 1 is 1.27 bits per heavy atom. The van der Waals surface area contributed by atoms with Gasteiger partial charge in [-0.05, 0) is 64.3 Å². The third kappa shape index (κ3) is 6.59. The van der Waals surface area contributed by atoms with Gasteiger partial charge in [0, 0.05) is 20.2 Å². The van der Waals surface area contributed by atoms with E-state index < -0.39 is 5.60 Å².